The van der Waals surface area contributed by atoms with E-state index in [1.54, 1.807) is 19.2 Å². The number of benzene rings is 2. The van der Waals surface area contributed by atoms with E-state index in [2.05, 4.69) is 15.0 Å². The normalized spacial score (nSPS) is 16.6. The number of hydrogen-bond donors (Lipinski definition) is 1. The summed E-state index contributed by atoms with van der Waals surface area (Å²) in [6.07, 6.45) is 1.11. The minimum absolute atomic E-state index is 0.0743. The topological polar surface area (TPSA) is 71.6 Å². The zero-order valence-corrected chi connectivity index (χ0v) is 16.3. The van der Waals surface area contributed by atoms with Crippen LogP contribution in [0.5, 0.6) is 11.5 Å². The Morgan fingerprint density at radius 3 is 2.66 bits per heavy atom. The molecule has 0 saturated carbocycles. The van der Waals surface area contributed by atoms with Gasteiger partial charge in [0.1, 0.15) is 11.5 Å². The molecule has 0 bridgehead atoms. The fourth-order valence-electron chi connectivity index (χ4n) is 3.67. The molecule has 1 fully saturated rings. The zero-order valence-electron chi connectivity index (χ0n) is 16.3. The van der Waals surface area contributed by atoms with Gasteiger partial charge in [0, 0.05) is 50.5 Å². The Hall–Kier alpha value is -2.93. The van der Waals surface area contributed by atoms with Crippen molar-refractivity contribution in [2.45, 2.75) is 31.5 Å². The van der Waals surface area contributed by atoms with Crippen molar-refractivity contribution in [3.05, 3.63) is 71.4 Å². The molecule has 2 aromatic carbocycles. The molecule has 29 heavy (non-hydrogen) atoms. The Labute approximate surface area is 168 Å². The number of ether oxygens (including phenoxy) is 1. The van der Waals surface area contributed by atoms with E-state index in [1.165, 1.54) is 0 Å². The molecule has 0 unspecified atom stereocenters. The van der Waals surface area contributed by atoms with Crippen LogP contribution >= 0.6 is 0 Å². The Morgan fingerprint density at radius 2 is 1.93 bits per heavy atom. The van der Waals surface area contributed by atoms with Crippen molar-refractivity contribution in [3.63, 3.8) is 0 Å². The van der Waals surface area contributed by atoms with Crippen molar-refractivity contribution in [3.8, 4) is 11.5 Å². The molecule has 7 heteroatoms. The molecule has 0 radical (unpaired) electrons. The van der Waals surface area contributed by atoms with E-state index in [9.17, 15) is 5.11 Å². The van der Waals surface area contributed by atoms with Gasteiger partial charge in [-0.05, 0) is 11.6 Å². The predicted octanol–water partition coefficient (Wildman–Crippen LogP) is 3.84. The van der Waals surface area contributed by atoms with Crippen molar-refractivity contribution >= 4 is 0 Å². The average Bonchev–Trinajstić information content (AvgIpc) is 3.21. The third-order valence-electron chi connectivity index (χ3n) is 5.37. The van der Waals surface area contributed by atoms with E-state index >= 15 is 4.39 Å². The number of phenolic OH excluding ortho intramolecular Hbond substituents is 1. The first-order chi connectivity index (χ1) is 14.1. The fraction of sp³-hybridized carbons (Fsp3) is 0.364. The van der Waals surface area contributed by atoms with Gasteiger partial charge >= 0.3 is 0 Å². The van der Waals surface area contributed by atoms with Crippen molar-refractivity contribution in [1.29, 1.82) is 0 Å². The number of aromatic hydroxyl groups is 1. The number of phenols is 1. The number of likely N-dealkylation sites (tertiary alicyclic amines) is 1. The molecular formula is C22H24FN3O3. The number of rotatable bonds is 6. The van der Waals surface area contributed by atoms with Gasteiger partial charge in [-0.1, -0.05) is 41.6 Å². The Bertz CT molecular complexity index is 953. The van der Waals surface area contributed by atoms with E-state index in [-0.39, 0.29) is 11.6 Å². The molecule has 2 heterocycles. The minimum atomic E-state index is -1.60. The van der Waals surface area contributed by atoms with E-state index in [1.807, 2.05) is 36.4 Å². The maximum atomic E-state index is 15.5. The van der Waals surface area contributed by atoms with E-state index < -0.39 is 5.67 Å². The molecule has 4 rings (SSSR count). The van der Waals surface area contributed by atoms with Crippen LogP contribution in [0.25, 0.3) is 0 Å². The number of nitrogens with zero attached hydrogens (tertiary/aromatic N) is 3. The van der Waals surface area contributed by atoms with Gasteiger partial charge in [0.15, 0.2) is 11.5 Å². The molecule has 0 spiro atoms. The van der Waals surface area contributed by atoms with Gasteiger partial charge in [0.05, 0.1) is 7.11 Å². The smallest absolute Gasteiger partial charge is 0.264 e. The second-order valence-electron chi connectivity index (χ2n) is 7.42. The van der Waals surface area contributed by atoms with Gasteiger partial charge in [-0.2, -0.15) is 4.98 Å². The van der Waals surface area contributed by atoms with Gasteiger partial charge in [-0.25, -0.2) is 4.39 Å². The molecule has 0 amide bonds. The van der Waals surface area contributed by atoms with Crippen LogP contribution in [0.4, 0.5) is 4.39 Å². The fourth-order valence-corrected chi connectivity index (χ4v) is 3.67. The summed E-state index contributed by atoms with van der Waals surface area (Å²) < 4.78 is 26.1. The van der Waals surface area contributed by atoms with E-state index in [4.69, 9.17) is 9.26 Å². The third kappa shape index (κ3) is 4.40. The summed E-state index contributed by atoms with van der Waals surface area (Å²) in [6.45, 7) is 1.76. The summed E-state index contributed by atoms with van der Waals surface area (Å²) in [5.41, 5.74) is 0.419. The molecule has 1 saturated heterocycles. The molecule has 6 nitrogen and oxygen atoms in total. The minimum Gasteiger partial charge on any atom is -0.508 e. The van der Waals surface area contributed by atoms with Crippen LogP contribution in [0.3, 0.4) is 0 Å². The van der Waals surface area contributed by atoms with Gasteiger partial charge in [0.25, 0.3) is 5.89 Å². The first-order valence-electron chi connectivity index (χ1n) is 9.70. The number of hydrogen-bond acceptors (Lipinski definition) is 6. The maximum absolute atomic E-state index is 15.5. The first-order valence-corrected chi connectivity index (χ1v) is 9.70. The highest BCUT2D eigenvalue weighted by atomic mass is 19.1. The van der Waals surface area contributed by atoms with Crippen molar-refractivity contribution in [1.82, 2.24) is 15.0 Å². The second-order valence-corrected chi connectivity index (χ2v) is 7.42. The predicted molar refractivity (Wildman–Crippen MR) is 106 cm³/mol. The maximum Gasteiger partial charge on any atom is 0.264 e. The van der Waals surface area contributed by atoms with Crippen LogP contribution in [0, 0.1) is 0 Å². The van der Waals surface area contributed by atoms with Gasteiger partial charge in [-0.15, -0.1) is 0 Å². The zero-order chi connectivity index (χ0) is 20.3. The van der Waals surface area contributed by atoms with Crippen molar-refractivity contribution in [2.24, 2.45) is 0 Å². The number of alkyl halides is 1. The number of methoxy groups -OCH3 is 1. The number of piperidine rings is 1. The summed E-state index contributed by atoms with van der Waals surface area (Å²) >= 11 is 0. The molecule has 1 N–H and O–H groups in total. The molecule has 1 aliphatic heterocycles. The highest BCUT2D eigenvalue weighted by molar-refractivity contribution is 5.40. The van der Waals surface area contributed by atoms with Gasteiger partial charge in [-0.3, -0.25) is 4.90 Å². The Balaban J connectivity index is 1.38. The Kier molecular flexibility index (Phi) is 5.49. The van der Waals surface area contributed by atoms with Crippen LogP contribution in [-0.2, 0) is 18.6 Å². The number of halogens is 1. The SMILES string of the molecule is COc1cc(O)ccc1CN1CCC(F)(c2nc(Cc3ccccc3)no2)CC1. The lowest BCUT2D eigenvalue weighted by Crippen LogP contribution is -2.40. The summed E-state index contributed by atoms with van der Waals surface area (Å²) in [5, 5.41) is 13.6. The standard InChI is InChI=1S/C22H24FN3O3/c1-28-19-14-18(27)8-7-17(19)15-26-11-9-22(23,10-12-26)21-24-20(25-29-21)13-16-5-3-2-4-6-16/h2-8,14,27H,9-13,15H2,1H3. The lowest BCUT2D eigenvalue weighted by molar-refractivity contribution is 0.0248. The molecule has 1 aromatic heterocycles. The highest BCUT2D eigenvalue weighted by Crippen LogP contribution is 2.37. The summed E-state index contributed by atoms with van der Waals surface area (Å²) in [4.78, 5) is 6.49. The second kappa shape index (κ2) is 8.21. The van der Waals surface area contributed by atoms with Crippen molar-refractivity contribution < 1.29 is 18.8 Å². The molecule has 1 aliphatic rings. The van der Waals surface area contributed by atoms with Gasteiger partial charge in [0.2, 0.25) is 0 Å². The monoisotopic (exact) mass is 397 g/mol. The lowest BCUT2D eigenvalue weighted by Gasteiger charge is -2.34. The van der Waals surface area contributed by atoms with Crippen LogP contribution < -0.4 is 4.74 Å². The quantitative estimate of drug-likeness (QED) is 0.682. The first kappa shape index (κ1) is 19.4. The molecule has 0 atom stereocenters. The van der Waals surface area contributed by atoms with Gasteiger partial charge < -0.3 is 14.4 Å². The highest BCUT2D eigenvalue weighted by Gasteiger charge is 2.41. The average molecular weight is 397 g/mol. The van der Waals surface area contributed by atoms with Crippen LogP contribution in [0.15, 0.2) is 53.1 Å². The van der Waals surface area contributed by atoms with Crippen LogP contribution in [0.1, 0.15) is 35.7 Å². The van der Waals surface area contributed by atoms with Crippen molar-refractivity contribution in [2.75, 3.05) is 20.2 Å². The summed E-state index contributed by atoms with van der Waals surface area (Å²) in [6, 6.07) is 14.9. The summed E-state index contributed by atoms with van der Waals surface area (Å²) in [7, 11) is 1.57. The molecule has 0 aliphatic carbocycles. The number of aromatic nitrogens is 2. The largest absolute Gasteiger partial charge is 0.508 e. The third-order valence-corrected chi connectivity index (χ3v) is 5.37. The van der Waals surface area contributed by atoms with Crippen LogP contribution in [0.2, 0.25) is 0 Å². The molecular weight excluding hydrogens is 373 g/mol. The molecule has 152 valence electrons. The Morgan fingerprint density at radius 1 is 1.17 bits per heavy atom. The lowest BCUT2D eigenvalue weighted by atomic mass is 9.93. The molecule has 3 aromatic rings. The van der Waals surface area contributed by atoms with E-state index in [0.29, 0.717) is 50.5 Å². The van der Waals surface area contributed by atoms with Crippen LogP contribution in [-0.4, -0.2) is 40.3 Å². The van der Waals surface area contributed by atoms with E-state index in [0.717, 1.165) is 11.1 Å². The summed E-state index contributed by atoms with van der Waals surface area (Å²) in [5.74, 6) is 1.36.